The summed E-state index contributed by atoms with van der Waals surface area (Å²) in [4.78, 5) is 25.3. The van der Waals surface area contributed by atoms with Gasteiger partial charge in [0.2, 0.25) is 11.6 Å². The van der Waals surface area contributed by atoms with Crippen LogP contribution in [-0.4, -0.2) is 11.6 Å². The van der Waals surface area contributed by atoms with Crippen molar-refractivity contribution >= 4 is 11.6 Å². The summed E-state index contributed by atoms with van der Waals surface area (Å²) >= 11 is 0. The van der Waals surface area contributed by atoms with Gasteiger partial charge in [-0.3, -0.25) is 9.59 Å². The molecule has 1 aliphatic rings. The lowest BCUT2D eigenvalue weighted by atomic mass is 9.83. The summed E-state index contributed by atoms with van der Waals surface area (Å²) < 4.78 is 5.76. The van der Waals surface area contributed by atoms with Crippen molar-refractivity contribution in [3.8, 4) is 22.5 Å². The van der Waals surface area contributed by atoms with Gasteiger partial charge >= 0.3 is 0 Å². The highest BCUT2D eigenvalue weighted by molar-refractivity contribution is 6.53. The van der Waals surface area contributed by atoms with E-state index in [2.05, 4.69) is 0 Å². The van der Waals surface area contributed by atoms with Crippen LogP contribution in [0.15, 0.2) is 47.1 Å². The summed E-state index contributed by atoms with van der Waals surface area (Å²) in [5.74, 6) is -0.450. The van der Waals surface area contributed by atoms with E-state index in [1.165, 1.54) is 0 Å². The third-order valence-corrected chi connectivity index (χ3v) is 4.54. The van der Waals surface area contributed by atoms with Crippen molar-refractivity contribution in [1.29, 1.82) is 0 Å². The number of carbonyl (C=O) groups excluding carboxylic acids is 2. The molecule has 118 valence electrons. The minimum atomic E-state index is -0.494. The van der Waals surface area contributed by atoms with Crippen molar-refractivity contribution in [2.75, 3.05) is 0 Å². The summed E-state index contributed by atoms with van der Waals surface area (Å²) in [6.45, 7) is 5.86. The molecule has 1 aliphatic carbocycles. The molecule has 0 saturated carbocycles. The molecule has 0 amide bonds. The Morgan fingerprint density at radius 2 is 1.46 bits per heavy atom. The Balaban J connectivity index is 2.01. The van der Waals surface area contributed by atoms with Gasteiger partial charge in [0.15, 0.2) is 0 Å². The van der Waals surface area contributed by atoms with Crippen molar-refractivity contribution in [3.63, 3.8) is 0 Å². The fraction of sp³-hybridized carbons (Fsp3) is 0.143. The van der Waals surface area contributed by atoms with Gasteiger partial charge in [0.25, 0.3) is 0 Å². The SMILES string of the molecule is Cc1ccc(-c2coc3c2C(=O)C(=O)c2cc(C)cc(C)c2-3)cc1. The highest BCUT2D eigenvalue weighted by atomic mass is 16.3. The second kappa shape index (κ2) is 5.03. The standard InChI is InChI=1S/C21H16O3/c1-11-4-6-14(7-5-11)16-10-24-21-17-13(3)8-12(2)9-15(17)19(22)20(23)18(16)21/h4-10H,1-3H3. The van der Waals surface area contributed by atoms with Crippen LogP contribution < -0.4 is 0 Å². The normalized spacial score (nSPS) is 13.0. The summed E-state index contributed by atoms with van der Waals surface area (Å²) in [6, 6.07) is 11.6. The Kier molecular flexibility index (Phi) is 3.07. The van der Waals surface area contributed by atoms with Gasteiger partial charge in [0.1, 0.15) is 5.76 Å². The van der Waals surface area contributed by atoms with Gasteiger partial charge in [-0.2, -0.15) is 0 Å². The van der Waals surface area contributed by atoms with Crippen LogP contribution in [0.1, 0.15) is 37.4 Å². The highest BCUT2D eigenvalue weighted by Crippen LogP contribution is 2.42. The fourth-order valence-electron chi connectivity index (χ4n) is 3.40. The van der Waals surface area contributed by atoms with Crippen LogP contribution in [0, 0.1) is 20.8 Å². The molecule has 0 saturated heterocycles. The van der Waals surface area contributed by atoms with Gasteiger partial charge in [-0.05, 0) is 38.0 Å². The molecule has 3 aromatic rings. The molecule has 1 aromatic heterocycles. The number of benzene rings is 2. The van der Waals surface area contributed by atoms with E-state index in [4.69, 9.17) is 4.42 Å². The second-order valence-electron chi connectivity index (χ2n) is 6.38. The first kappa shape index (κ1) is 14.6. The van der Waals surface area contributed by atoms with Crippen LogP contribution in [0.2, 0.25) is 0 Å². The average Bonchev–Trinajstić information content (AvgIpc) is 2.97. The Labute approximate surface area is 139 Å². The molecule has 0 aliphatic heterocycles. The Morgan fingerprint density at radius 1 is 0.750 bits per heavy atom. The number of hydrogen-bond acceptors (Lipinski definition) is 3. The number of furan rings is 1. The highest BCUT2D eigenvalue weighted by Gasteiger charge is 2.36. The van der Waals surface area contributed by atoms with E-state index in [1.54, 1.807) is 12.3 Å². The Morgan fingerprint density at radius 3 is 2.17 bits per heavy atom. The smallest absolute Gasteiger partial charge is 0.238 e. The zero-order chi connectivity index (χ0) is 17.0. The lowest BCUT2D eigenvalue weighted by Crippen LogP contribution is -2.21. The van der Waals surface area contributed by atoms with Crippen LogP contribution in [-0.2, 0) is 0 Å². The van der Waals surface area contributed by atoms with Gasteiger partial charge in [-0.15, -0.1) is 0 Å². The number of fused-ring (bicyclic) bond motifs is 3. The number of rotatable bonds is 1. The lowest BCUT2D eigenvalue weighted by molar-refractivity contribution is 0.0815. The molecule has 4 rings (SSSR count). The quantitative estimate of drug-likeness (QED) is 0.599. The molecule has 0 bridgehead atoms. The van der Waals surface area contributed by atoms with Gasteiger partial charge in [0, 0.05) is 16.7 Å². The summed E-state index contributed by atoms with van der Waals surface area (Å²) in [5, 5.41) is 0. The molecule has 0 atom stereocenters. The minimum Gasteiger partial charge on any atom is -0.463 e. The number of Topliss-reactive ketones (excluding diaryl/α,β-unsaturated/α-hetero) is 2. The van der Waals surface area contributed by atoms with Crippen molar-refractivity contribution in [3.05, 3.63) is 70.5 Å². The van der Waals surface area contributed by atoms with Crippen LogP contribution in [0.4, 0.5) is 0 Å². The van der Waals surface area contributed by atoms with E-state index < -0.39 is 11.6 Å². The molecule has 0 spiro atoms. The zero-order valence-electron chi connectivity index (χ0n) is 13.8. The molecule has 0 radical (unpaired) electrons. The topological polar surface area (TPSA) is 47.3 Å². The van der Waals surface area contributed by atoms with Crippen LogP contribution in [0.25, 0.3) is 22.5 Å². The van der Waals surface area contributed by atoms with Crippen LogP contribution in [0.3, 0.4) is 0 Å². The van der Waals surface area contributed by atoms with E-state index in [0.717, 1.165) is 27.8 Å². The van der Waals surface area contributed by atoms with Gasteiger partial charge in [0.05, 0.1) is 11.8 Å². The second-order valence-corrected chi connectivity index (χ2v) is 6.38. The number of carbonyl (C=O) groups is 2. The number of hydrogen-bond donors (Lipinski definition) is 0. The third-order valence-electron chi connectivity index (χ3n) is 4.54. The maximum atomic E-state index is 12.7. The van der Waals surface area contributed by atoms with Crippen molar-refractivity contribution in [1.82, 2.24) is 0 Å². The molecule has 0 unspecified atom stereocenters. The monoisotopic (exact) mass is 316 g/mol. The molecule has 0 fully saturated rings. The van der Waals surface area contributed by atoms with Crippen molar-refractivity contribution in [2.45, 2.75) is 20.8 Å². The largest absolute Gasteiger partial charge is 0.463 e. The summed E-state index contributed by atoms with van der Waals surface area (Å²) in [5.41, 5.74) is 6.14. The molecular weight excluding hydrogens is 300 g/mol. The van der Waals surface area contributed by atoms with E-state index in [-0.39, 0.29) is 0 Å². The molecule has 2 aromatic carbocycles. The predicted octanol–water partition coefficient (Wildman–Crippen LogP) is 4.92. The predicted molar refractivity (Wildman–Crippen MR) is 92.5 cm³/mol. The van der Waals surface area contributed by atoms with E-state index >= 15 is 0 Å². The first-order valence-electron chi connectivity index (χ1n) is 7.86. The first-order valence-corrected chi connectivity index (χ1v) is 7.86. The van der Waals surface area contributed by atoms with Crippen LogP contribution in [0.5, 0.6) is 0 Å². The maximum Gasteiger partial charge on any atom is 0.238 e. The Hall–Kier alpha value is -2.94. The summed E-state index contributed by atoms with van der Waals surface area (Å²) in [6.07, 6.45) is 1.58. The van der Waals surface area contributed by atoms with Gasteiger partial charge in [-0.1, -0.05) is 41.5 Å². The van der Waals surface area contributed by atoms with Gasteiger partial charge < -0.3 is 4.42 Å². The molecule has 0 N–H and O–H groups in total. The third kappa shape index (κ3) is 1.98. The zero-order valence-corrected chi connectivity index (χ0v) is 13.8. The maximum absolute atomic E-state index is 12.7. The van der Waals surface area contributed by atoms with E-state index in [9.17, 15) is 9.59 Å². The van der Waals surface area contributed by atoms with E-state index in [0.29, 0.717) is 22.5 Å². The molecule has 24 heavy (non-hydrogen) atoms. The van der Waals surface area contributed by atoms with Gasteiger partial charge in [-0.25, -0.2) is 0 Å². The first-order chi connectivity index (χ1) is 11.5. The average molecular weight is 316 g/mol. The minimum absolute atomic E-state index is 0.378. The number of ketones is 2. The van der Waals surface area contributed by atoms with E-state index in [1.807, 2.05) is 51.1 Å². The Bertz CT molecular complexity index is 1000. The molecular formula is C21H16O3. The lowest BCUT2D eigenvalue weighted by Gasteiger charge is -2.17. The summed E-state index contributed by atoms with van der Waals surface area (Å²) in [7, 11) is 0. The molecule has 3 nitrogen and oxygen atoms in total. The van der Waals surface area contributed by atoms with Crippen molar-refractivity contribution in [2.24, 2.45) is 0 Å². The molecule has 3 heteroatoms. The van der Waals surface area contributed by atoms with Crippen molar-refractivity contribution < 1.29 is 14.0 Å². The van der Waals surface area contributed by atoms with Crippen LogP contribution >= 0.6 is 0 Å². The fourth-order valence-corrected chi connectivity index (χ4v) is 3.40. The molecule has 1 heterocycles. The number of aryl methyl sites for hydroxylation is 3.